The van der Waals surface area contributed by atoms with Crippen LogP contribution in [-0.4, -0.2) is 37.5 Å². The number of hydrogen-bond acceptors (Lipinski definition) is 3. The molecular formula is C15H25NO3. The van der Waals surface area contributed by atoms with Crippen LogP contribution in [-0.2, 0) is 14.3 Å². The van der Waals surface area contributed by atoms with Gasteiger partial charge in [0.05, 0.1) is 7.11 Å². The number of carbonyl (C=O) groups is 2. The van der Waals surface area contributed by atoms with Crippen LogP contribution in [0, 0.1) is 11.3 Å². The molecule has 0 saturated heterocycles. The van der Waals surface area contributed by atoms with Crippen LogP contribution < -0.4 is 0 Å². The third kappa shape index (κ3) is 3.10. The summed E-state index contributed by atoms with van der Waals surface area (Å²) in [4.78, 5) is 25.7. The van der Waals surface area contributed by atoms with Gasteiger partial charge in [-0.15, -0.1) is 0 Å². The zero-order valence-electron chi connectivity index (χ0n) is 12.1. The van der Waals surface area contributed by atoms with Gasteiger partial charge >= 0.3 is 5.97 Å². The SMILES string of the molecule is COC(=O)C1(C(=O)N(C)CCC2CCCCC2)CC1. The molecule has 0 aromatic heterocycles. The van der Waals surface area contributed by atoms with Gasteiger partial charge in [-0.25, -0.2) is 0 Å². The number of hydrogen-bond donors (Lipinski definition) is 0. The third-order valence-electron chi connectivity index (χ3n) is 4.68. The molecule has 0 bridgehead atoms. The van der Waals surface area contributed by atoms with Crippen molar-refractivity contribution in [3.63, 3.8) is 0 Å². The Bertz CT molecular complexity index is 343. The maximum atomic E-state index is 12.3. The molecule has 0 aliphatic heterocycles. The van der Waals surface area contributed by atoms with Crippen molar-refractivity contribution in [1.29, 1.82) is 0 Å². The topological polar surface area (TPSA) is 46.6 Å². The molecule has 0 heterocycles. The van der Waals surface area contributed by atoms with Crippen molar-refractivity contribution in [2.45, 2.75) is 51.4 Å². The number of esters is 1. The average molecular weight is 267 g/mol. The van der Waals surface area contributed by atoms with Crippen molar-refractivity contribution >= 4 is 11.9 Å². The molecule has 19 heavy (non-hydrogen) atoms. The lowest BCUT2D eigenvalue weighted by Crippen LogP contribution is -2.40. The second kappa shape index (κ2) is 5.93. The summed E-state index contributed by atoms with van der Waals surface area (Å²) in [5, 5.41) is 0. The first-order chi connectivity index (χ1) is 9.10. The first kappa shape index (κ1) is 14.4. The molecule has 0 radical (unpaired) electrons. The zero-order valence-corrected chi connectivity index (χ0v) is 12.1. The minimum Gasteiger partial charge on any atom is -0.468 e. The molecular weight excluding hydrogens is 242 g/mol. The van der Waals surface area contributed by atoms with Crippen LogP contribution in [0.5, 0.6) is 0 Å². The minimum atomic E-state index is -0.837. The highest BCUT2D eigenvalue weighted by molar-refractivity contribution is 6.05. The Labute approximate surface area is 115 Å². The molecule has 2 fully saturated rings. The lowest BCUT2D eigenvalue weighted by Gasteiger charge is -2.26. The first-order valence-electron chi connectivity index (χ1n) is 7.44. The number of nitrogens with zero attached hydrogens (tertiary/aromatic N) is 1. The van der Waals surface area contributed by atoms with E-state index in [1.165, 1.54) is 39.2 Å². The zero-order chi connectivity index (χ0) is 13.9. The van der Waals surface area contributed by atoms with Gasteiger partial charge in [-0.05, 0) is 25.2 Å². The van der Waals surface area contributed by atoms with Crippen LogP contribution in [0.25, 0.3) is 0 Å². The summed E-state index contributed by atoms with van der Waals surface area (Å²) >= 11 is 0. The van der Waals surface area contributed by atoms with Crippen LogP contribution in [0.1, 0.15) is 51.4 Å². The highest BCUT2D eigenvalue weighted by Crippen LogP contribution is 2.48. The van der Waals surface area contributed by atoms with E-state index in [0.717, 1.165) is 18.9 Å². The summed E-state index contributed by atoms with van der Waals surface area (Å²) < 4.78 is 4.76. The second-order valence-electron chi connectivity index (χ2n) is 6.09. The van der Waals surface area contributed by atoms with Gasteiger partial charge in [0.15, 0.2) is 0 Å². The smallest absolute Gasteiger partial charge is 0.321 e. The largest absolute Gasteiger partial charge is 0.468 e. The Kier molecular flexibility index (Phi) is 4.48. The molecule has 4 heteroatoms. The van der Waals surface area contributed by atoms with Crippen molar-refractivity contribution in [3.05, 3.63) is 0 Å². The van der Waals surface area contributed by atoms with E-state index in [2.05, 4.69) is 0 Å². The lowest BCUT2D eigenvalue weighted by molar-refractivity contribution is -0.155. The number of methoxy groups -OCH3 is 1. The number of carbonyl (C=O) groups excluding carboxylic acids is 2. The van der Waals surface area contributed by atoms with E-state index in [1.54, 1.807) is 4.90 Å². The van der Waals surface area contributed by atoms with Gasteiger partial charge in [-0.2, -0.15) is 0 Å². The highest BCUT2D eigenvalue weighted by atomic mass is 16.5. The molecule has 0 N–H and O–H groups in total. The van der Waals surface area contributed by atoms with E-state index in [9.17, 15) is 9.59 Å². The predicted octanol–water partition coefficient (Wildman–Crippen LogP) is 2.37. The summed E-state index contributed by atoms with van der Waals surface area (Å²) in [6.07, 6.45) is 8.96. The fraction of sp³-hybridized carbons (Fsp3) is 0.867. The van der Waals surface area contributed by atoms with Crippen molar-refractivity contribution in [3.8, 4) is 0 Å². The van der Waals surface area contributed by atoms with Crippen molar-refractivity contribution in [1.82, 2.24) is 4.90 Å². The Morgan fingerprint density at radius 1 is 1.21 bits per heavy atom. The van der Waals surface area contributed by atoms with E-state index >= 15 is 0 Å². The Hall–Kier alpha value is -1.06. The maximum absolute atomic E-state index is 12.3. The molecule has 4 nitrogen and oxygen atoms in total. The van der Waals surface area contributed by atoms with Crippen LogP contribution in [0.2, 0.25) is 0 Å². The van der Waals surface area contributed by atoms with Crippen LogP contribution in [0.3, 0.4) is 0 Å². The van der Waals surface area contributed by atoms with Gasteiger partial charge in [-0.1, -0.05) is 32.1 Å². The molecule has 0 aromatic carbocycles. The van der Waals surface area contributed by atoms with E-state index in [1.807, 2.05) is 7.05 Å². The van der Waals surface area contributed by atoms with Crippen LogP contribution in [0.15, 0.2) is 0 Å². The average Bonchev–Trinajstić information content (AvgIpc) is 3.25. The Morgan fingerprint density at radius 3 is 2.37 bits per heavy atom. The third-order valence-corrected chi connectivity index (χ3v) is 4.68. The summed E-state index contributed by atoms with van der Waals surface area (Å²) in [5.41, 5.74) is -0.837. The summed E-state index contributed by atoms with van der Waals surface area (Å²) in [6, 6.07) is 0. The fourth-order valence-electron chi connectivity index (χ4n) is 3.14. The molecule has 0 aromatic rings. The summed E-state index contributed by atoms with van der Waals surface area (Å²) in [5.74, 6) is 0.356. The van der Waals surface area contributed by atoms with Gasteiger partial charge < -0.3 is 9.64 Å². The van der Waals surface area contributed by atoms with Gasteiger partial charge in [0.2, 0.25) is 5.91 Å². The Balaban J connectivity index is 1.81. The molecule has 2 rings (SSSR count). The van der Waals surface area contributed by atoms with Gasteiger partial charge in [0, 0.05) is 13.6 Å². The second-order valence-corrected chi connectivity index (χ2v) is 6.09. The molecule has 108 valence electrons. The normalized spacial score (nSPS) is 21.8. The van der Waals surface area contributed by atoms with E-state index in [-0.39, 0.29) is 11.9 Å². The summed E-state index contributed by atoms with van der Waals surface area (Å²) in [7, 11) is 3.17. The van der Waals surface area contributed by atoms with Crippen LogP contribution in [0.4, 0.5) is 0 Å². The highest BCUT2D eigenvalue weighted by Gasteiger charge is 2.58. The van der Waals surface area contributed by atoms with Gasteiger partial charge in [-0.3, -0.25) is 9.59 Å². The maximum Gasteiger partial charge on any atom is 0.321 e. The predicted molar refractivity (Wildman–Crippen MR) is 72.5 cm³/mol. The summed E-state index contributed by atoms with van der Waals surface area (Å²) in [6.45, 7) is 0.766. The quantitative estimate of drug-likeness (QED) is 0.567. The molecule has 2 aliphatic carbocycles. The minimum absolute atomic E-state index is 0.0461. The van der Waals surface area contributed by atoms with E-state index < -0.39 is 5.41 Å². The number of amides is 1. The monoisotopic (exact) mass is 267 g/mol. The van der Waals surface area contributed by atoms with E-state index in [4.69, 9.17) is 4.74 Å². The number of rotatable bonds is 5. The standard InChI is InChI=1S/C15H25NO3/c1-16(11-8-12-6-4-3-5-7-12)13(17)15(9-10-15)14(18)19-2/h12H,3-11H2,1-2H3. The number of ether oxygens (including phenoxy) is 1. The molecule has 0 unspecified atom stereocenters. The fourth-order valence-corrected chi connectivity index (χ4v) is 3.14. The molecule has 2 saturated carbocycles. The van der Waals surface area contributed by atoms with Crippen molar-refractivity contribution < 1.29 is 14.3 Å². The van der Waals surface area contributed by atoms with E-state index in [0.29, 0.717) is 12.8 Å². The Morgan fingerprint density at radius 2 is 1.84 bits per heavy atom. The van der Waals surface area contributed by atoms with Gasteiger partial charge in [0.1, 0.15) is 5.41 Å². The van der Waals surface area contributed by atoms with Crippen molar-refractivity contribution in [2.75, 3.05) is 20.7 Å². The van der Waals surface area contributed by atoms with Crippen molar-refractivity contribution in [2.24, 2.45) is 11.3 Å². The van der Waals surface area contributed by atoms with Gasteiger partial charge in [0.25, 0.3) is 0 Å². The van der Waals surface area contributed by atoms with Crippen LogP contribution >= 0.6 is 0 Å². The molecule has 0 spiro atoms. The first-order valence-corrected chi connectivity index (χ1v) is 7.44. The molecule has 0 atom stereocenters. The molecule has 1 amide bonds. The molecule has 2 aliphatic rings. The lowest BCUT2D eigenvalue weighted by atomic mass is 9.87.